The number of anilines is 1. The molecule has 0 saturated carbocycles. The minimum absolute atomic E-state index is 0.0129. The van der Waals surface area contributed by atoms with Gasteiger partial charge in [0, 0.05) is 24.2 Å². The topological polar surface area (TPSA) is 110 Å². The van der Waals surface area contributed by atoms with Crippen LogP contribution in [0.4, 0.5) is 14.6 Å². The first-order chi connectivity index (χ1) is 16.1. The summed E-state index contributed by atoms with van der Waals surface area (Å²) in [5.41, 5.74) is 2.26. The van der Waals surface area contributed by atoms with Crippen LogP contribution in [0.15, 0.2) is 41.5 Å². The summed E-state index contributed by atoms with van der Waals surface area (Å²) in [6.45, 7) is 3.81. The number of carbonyl (C=O) groups is 2. The molecule has 2 amide bonds. The van der Waals surface area contributed by atoms with E-state index in [-0.39, 0.29) is 30.5 Å². The van der Waals surface area contributed by atoms with Gasteiger partial charge in [-0.2, -0.15) is 0 Å². The van der Waals surface area contributed by atoms with Crippen LogP contribution in [0.25, 0.3) is 0 Å². The molecule has 0 aliphatic carbocycles. The molecule has 0 fully saturated rings. The van der Waals surface area contributed by atoms with Crippen molar-refractivity contribution in [2.75, 3.05) is 11.9 Å². The number of fused-ring (bicyclic) bond motifs is 1. The van der Waals surface area contributed by atoms with E-state index >= 15 is 0 Å². The Morgan fingerprint density at radius 1 is 1.35 bits per heavy atom. The first-order valence-electron chi connectivity index (χ1n) is 10.6. The van der Waals surface area contributed by atoms with Crippen molar-refractivity contribution in [2.24, 2.45) is 0 Å². The average molecular weight is 471 g/mol. The van der Waals surface area contributed by atoms with Crippen molar-refractivity contribution >= 4 is 17.6 Å². The maximum atomic E-state index is 13.1. The third-order valence-electron chi connectivity index (χ3n) is 5.41. The monoisotopic (exact) mass is 471 g/mol. The van der Waals surface area contributed by atoms with E-state index in [0.717, 1.165) is 6.92 Å². The highest BCUT2D eigenvalue weighted by Crippen LogP contribution is 2.34. The van der Waals surface area contributed by atoms with Gasteiger partial charge in [0.1, 0.15) is 17.3 Å². The van der Waals surface area contributed by atoms with E-state index in [1.165, 1.54) is 25.0 Å². The minimum atomic E-state index is -2.96. The molecule has 1 atom stereocenters. The fourth-order valence-electron chi connectivity index (χ4n) is 3.64. The molecule has 0 radical (unpaired) electrons. The van der Waals surface area contributed by atoms with Crippen LogP contribution in [-0.2, 0) is 17.8 Å². The standard InChI is InChI=1S/C23H23F2N5O4/c1-13-6-18(28-9-19(13)33-11-23(3,24)25)14(2)30-10-17-16(22(30)32)4-5-27-21(17)29-20(31)7-15-8-26-12-34-15/h4-6,8-9,12,14H,7,10-11H2,1-3H3,(H,27,29,31). The Balaban J connectivity index is 1.49. The van der Waals surface area contributed by atoms with Crippen LogP contribution in [0.5, 0.6) is 5.75 Å². The van der Waals surface area contributed by atoms with Crippen LogP contribution in [0, 0.1) is 6.92 Å². The van der Waals surface area contributed by atoms with Gasteiger partial charge in [-0.3, -0.25) is 14.6 Å². The number of ether oxygens (including phenoxy) is 1. The average Bonchev–Trinajstić information content (AvgIpc) is 3.40. The summed E-state index contributed by atoms with van der Waals surface area (Å²) in [6.07, 6.45) is 5.53. The smallest absolute Gasteiger partial charge is 0.278 e. The van der Waals surface area contributed by atoms with Crippen molar-refractivity contribution in [3.8, 4) is 5.75 Å². The van der Waals surface area contributed by atoms with Crippen molar-refractivity contribution in [1.29, 1.82) is 0 Å². The number of hydrogen-bond donors (Lipinski definition) is 1. The highest BCUT2D eigenvalue weighted by atomic mass is 19.3. The summed E-state index contributed by atoms with van der Waals surface area (Å²) in [7, 11) is 0. The minimum Gasteiger partial charge on any atom is -0.485 e. The molecular formula is C23H23F2N5O4. The van der Waals surface area contributed by atoms with Gasteiger partial charge in [-0.15, -0.1) is 0 Å². The highest BCUT2D eigenvalue weighted by molar-refractivity contribution is 6.01. The quantitative estimate of drug-likeness (QED) is 0.533. The van der Waals surface area contributed by atoms with Gasteiger partial charge in [-0.25, -0.2) is 18.7 Å². The van der Waals surface area contributed by atoms with E-state index in [0.29, 0.717) is 34.0 Å². The van der Waals surface area contributed by atoms with Crippen LogP contribution in [0.2, 0.25) is 0 Å². The summed E-state index contributed by atoms with van der Waals surface area (Å²) in [6, 6.07) is 2.90. The predicted octanol–water partition coefficient (Wildman–Crippen LogP) is 3.71. The molecule has 3 aromatic rings. The number of hydrogen-bond acceptors (Lipinski definition) is 7. The zero-order valence-corrected chi connectivity index (χ0v) is 18.8. The lowest BCUT2D eigenvalue weighted by molar-refractivity contribution is -0.115. The molecule has 0 aromatic carbocycles. The van der Waals surface area contributed by atoms with E-state index in [2.05, 4.69) is 20.3 Å². The lowest BCUT2D eigenvalue weighted by Crippen LogP contribution is -2.28. The lowest BCUT2D eigenvalue weighted by Gasteiger charge is -2.24. The maximum Gasteiger partial charge on any atom is 0.278 e. The fourth-order valence-corrected chi connectivity index (χ4v) is 3.64. The summed E-state index contributed by atoms with van der Waals surface area (Å²) >= 11 is 0. The van der Waals surface area contributed by atoms with Crippen LogP contribution in [-0.4, -0.2) is 44.2 Å². The Morgan fingerprint density at radius 3 is 2.82 bits per heavy atom. The number of aryl methyl sites for hydroxylation is 1. The summed E-state index contributed by atoms with van der Waals surface area (Å²) in [4.78, 5) is 39.4. The third-order valence-corrected chi connectivity index (χ3v) is 5.41. The first kappa shape index (κ1) is 23.3. The largest absolute Gasteiger partial charge is 0.485 e. The van der Waals surface area contributed by atoms with Crippen LogP contribution >= 0.6 is 0 Å². The van der Waals surface area contributed by atoms with Gasteiger partial charge in [-0.05, 0) is 31.5 Å². The number of nitrogens with one attached hydrogen (secondary N) is 1. The zero-order valence-electron chi connectivity index (χ0n) is 18.8. The van der Waals surface area contributed by atoms with Crippen molar-refractivity contribution < 1.29 is 27.5 Å². The van der Waals surface area contributed by atoms with E-state index in [1.807, 2.05) is 6.92 Å². The molecule has 11 heteroatoms. The molecule has 9 nitrogen and oxygen atoms in total. The van der Waals surface area contributed by atoms with Gasteiger partial charge in [0.25, 0.3) is 11.8 Å². The summed E-state index contributed by atoms with van der Waals surface area (Å²) < 4.78 is 36.5. The number of nitrogens with zero attached hydrogens (tertiary/aromatic N) is 4. The van der Waals surface area contributed by atoms with Gasteiger partial charge >= 0.3 is 0 Å². The zero-order chi connectivity index (χ0) is 24.5. The number of alkyl halides is 2. The second-order valence-electron chi connectivity index (χ2n) is 8.22. The molecular weight excluding hydrogens is 448 g/mol. The van der Waals surface area contributed by atoms with Crippen molar-refractivity contribution in [3.63, 3.8) is 0 Å². The van der Waals surface area contributed by atoms with Crippen LogP contribution in [0.1, 0.15) is 52.8 Å². The number of carbonyl (C=O) groups excluding carboxylic acids is 2. The normalized spacial score (nSPS) is 14.1. The van der Waals surface area contributed by atoms with Crippen molar-refractivity contribution in [1.82, 2.24) is 19.9 Å². The Kier molecular flexibility index (Phi) is 6.27. The SMILES string of the molecule is Cc1cc(C(C)N2Cc3c(ccnc3NC(=O)Cc3cnco3)C2=O)ncc1OCC(C)(F)F. The van der Waals surface area contributed by atoms with E-state index in [4.69, 9.17) is 9.15 Å². The molecule has 4 rings (SSSR count). The van der Waals surface area contributed by atoms with Crippen LogP contribution in [0.3, 0.4) is 0 Å². The lowest BCUT2D eigenvalue weighted by atomic mass is 10.1. The van der Waals surface area contributed by atoms with Crippen molar-refractivity contribution in [2.45, 2.75) is 45.7 Å². The van der Waals surface area contributed by atoms with E-state index in [9.17, 15) is 18.4 Å². The molecule has 0 bridgehead atoms. The molecule has 1 aliphatic heterocycles. The van der Waals surface area contributed by atoms with Crippen molar-refractivity contribution in [3.05, 3.63) is 65.3 Å². The molecule has 1 aliphatic rings. The van der Waals surface area contributed by atoms with E-state index < -0.39 is 18.6 Å². The van der Waals surface area contributed by atoms with Gasteiger partial charge in [-0.1, -0.05) is 0 Å². The predicted molar refractivity (Wildman–Crippen MR) is 116 cm³/mol. The Labute approximate surface area is 194 Å². The fraction of sp³-hybridized carbons (Fsp3) is 0.348. The molecule has 4 heterocycles. The van der Waals surface area contributed by atoms with Gasteiger partial charge in [0.15, 0.2) is 13.0 Å². The first-order valence-corrected chi connectivity index (χ1v) is 10.6. The number of oxazole rings is 1. The van der Waals surface area contributed by atoms with Crippen LogP contribution < -0.4 is 10.1 Å². The summed E-state index contributed by atoms with van der Waals surface area (Å²) in [5, 5.41) is 2.73. The Morgan fingerprint density at radius 2 is 2.15 bits per heavy atom. The summed E-state index contributed by atoms with van der Waals surface area (Å²) in [5.74, 6) is -2.55. The second kappa shape index (κ2) is 9.16. The van der Waals surface area contributed by atoms with Gasteiger partial charge in [0.2, 0.25) is 5.91 Å². The molecule has 178 valence electrons. The number of pyridine rings is 2. The van der Waals surface area contributed by atoms with Gasteiger partial charge < -0.3 is 19.4 Å². The van der Waals surface area contributed by atoms with Gasteiger partial charge in [0.05, 0.1) is 37.1 Å². The molecule has 0 spiro atoms. The molecule has 0 saturated heterocycles. The highest BCUT2D eigenvalue weighted by Gasteiger charge is 2.34. The molecule has 1 unspecified atom stereocenters. The number of halogens is 2. The molecule has 3 aromatic heterocycles. The number of aromatic nitrogens is 3. The Bertz CT molecular complexity index is 1210. The number of amides is 2. The van der Waals surface area contributed by atoms with E-state index in [1.54, 1.807) is 24.0 Å². The number of rotatable bonds is 8. The molecule has 1 N–H and O–H groups in total. The third kappa shape index (κ3) is 5.03. The maximum absolute atomic E-state index is 13.1. The Hall–Kier alpha value is -3.89. The second-order valence-corrected chi connectivity index (χ2v) is 8.22. The molecule has 34 heavy (non-hydrogen) atoms.